The Morgan fingerprint density at radius 2 is 2.05 bits per heavy atom. The Kier molecular flexibility index (Phi) is 4.82. The van der Waals surface area contributed by atoms with Gasteiger partial charge in [-0.2, -0.15) is 0 Å². The van der Waals surface area contributed by atoms with Gasteiger partial charge in [0.25, 0.3) is 0 Å². The topological polar surface area (TPSA) is 46.6 Å². The summed E-state index contributed by atoms with van der Waals surface area (Å²) in [6.45, 7) is 1.65. The highest BCUT2D eigenvalue weighted by Gasteiger charge is 2.34. The molecule has 2 rings (SSSR count). The van der Waals surface area contributed by atoms with Gasteiger partial charge in [-0.15, -0.1) is 0 Å². The lowest BCUT2D eigenvalue weighted by atomic mass is 10.1. The van der Waals surface area contributed by atoms with E-state index in [2.05, 4.69) is 0 Å². The molecule has 21 heavy (non-hydrogen) atoms. The van der Waals surface area contributed by atoms with Crippen molar-refractivity contribution in [3.8, 4) is 5.75 Å². The summed E-state index contributed by atoms with van der Waals surface area (Å²) >= 11 is 1.12. The SMILES string of the molecule is COc1cc(F)c(N2CC(CSC(C)=O)CC2=O)c(F)c1. The third-order valence-corrected chi connectivity index (χ3v) is 4.27. The summed E-state index contributed by atoms with van der Waals surface area (Å²) in [7, 11) is 1.31. The molecule has 0 aliphatic carbocycles. The lowest BCUT2D eigenvalue weighted by molar-refractivity contribution is -0.117. The number of methoxy groups -OCH3 is 1. The summed E-state index contributed by atoms with van der Waals surface area (Å²) in [6.07, 6.45) is 0.186. The van der Waals surface area contributed by atoms with Gasteiger partial charge in [0.15, 0.2) is 16.7 Å². The monoisotopic (exact) mass is 315 g/mol. The third-order valence-electron chi connectivity index (χ3n) is 3.22. The average molecular weight is 315 g/mol. The number of benzene rings is 1. The van der Waals surface area contributed by atoms with Crippen molar-refractivity contribution in [2.45, 2.75) is 13.3 Å². The van der Waals surface area contributed by atoms with Gasteiger partial charge < -0.3 is 9.64 Å². The molecule has 4 nitrogen and oxygen atoms in total. The van der Waals surface area contributed by atoms with E-state index in [9.17, 15) is 18.4 Å². The molecule has 1 aliphatic rings. The van der Waals surface area contributed by atoms with Crippen LogP contribution in [0.5, 0.6) is 5.75 Å². The van der Waals surface area contributed by atoms with Crippen LogP contribution in [0.3, 0.4) is 0 Å². The van der Waals surface area contributed by atoms with Gasteiger partial charge in [-0.25, -0.2) is 8.78 Å². The second kappa shape index (κ2) is 6.43. The lowest BCUT2D eigenvalue weighted by Gasteiger charge is -2.18. The first-order valence-electron chi connectivity index (χ1n) is 6.39. The summed E-state index contributed by atoms with van der Waals surface area (Å²) in [5.41, 5.74) is -0.351. The fourth-order valence-corrected chi connectivity index (χ4v) is 2.96. The first-order valence-corrected chi connectivity index (χ1v) is 7.37. The van der Waals surface area contributed by atoms with Crippen molar-refractivity contribution in [3.05, 3.63) is 23.8 Å². The summed E-state index contributed by atoms with van der Waals surface area (Å²) in [4.78, 5) is 24.0. The molecule has 0 aromatic heterocycles. The number of carbonyl (C=O) groups is 2. The minimum Gasteiger partial charge on any atom is -0.497 e. The zero-order chi connectivity index (χ0) is 15.6. The fourth-order valence-electron chi connectivity index (χ4n) is 2.26. The average Bonchev–Trinajstić information content (AvgIpc) is 2.77. The Labute approximate surface area is 125 Å². The van der Waals surface area contributed by atoms with Crippen molar-refractivity contribution in [3.63, 3.8) is 0 Å². The minimum absolute atomic E-state index is 0.0392. The quantitative estimate of drug-likeness (QED) is 0.857. The summed E-state index contributed by atoms with van der Waals surface area (Å²) in [5, 5.41) is -0.0392. The molecule has 7 heteroatoms. The van der Waals surface area contributed by atoms with Crippen LogP contribution in [-0.4, -0.2) is 30.4 Å². The number of nitrogens with zero attached hydrogens (tertiary/aromatic N) is 1. The molecular weight excluding hydrogens is 300 g/mol. The Hall–Kier alpha value is -1.63. The van der Waals surface area contributed by atoms with Crippen LogP contribution in [-0.2, 0) is 9.59 Å². The number of ether oxygens (including phenoxy) is 1. The van der Waals surface area contributed by atoms with E-state index in [-0.39, 0.29) is 41.3 Å². The molecule has 0 bridgehead atoms. The van der Waals surface area contributed by atoms with Crippen LogP contribution in [0.15, 0.2) is 12.1 Å². The van der Waals surface area contributed by atoms with Crippen molar-refractivity contribution >= 4 is 28.5 Å². The largest absolute Gasteiger partial charge is 0.497 e. The van der Waals surface area contributed by atoms with E-state index >= 15 is 0 Å². The lowest BCUT2D eigenvalue weighted by Crippen LogP contribution is -2.27. The van der Waals surface area contributed by atoms with Crippen molar-refractivity contribution in [2.75, 3.05) is 24.3 Å². The van der Waals surface area contributed by atoms with Crippen LogP contribution in [0.2, 0.25) is 0 Å². The molecule has 1 aliphatic heterocycles. The minimum atomic E-state index is -0.833. The normalized spacial score (nSPS) is 18.2. The first-order chi connectivity index (χ1) is 9.92. The second-order valence-electron chi connectivity index (χ2n) is 4.82. The van der Waals surface area contributed by atoms with E-state index in [1.54, 1.807) is 0 Å². The predicted octanol–water partition coefficient (Wildman–Crippen LogP) is 2.61. The number of thioether (sulfide) groups is 1. The standard InChI is InChI=1S/C14H15F2NO3S/c1-8(18)21-7-9-3-13(19)17(6-9)14-11(15)4-10(20-2)5-12(14)16/h4-5,9H,3,6-7H2,1-2H3. The zero-order valence-corrected chi connectivity index (χ0v) is 12.5. The van der Waals surface area contributed by atoms with E-state index in [0.29, 0.717) is 5.75 Å². The molecule has 0 spiro atoms. The third kappa shape index (κ3) is 3.53. The molecule has 1 fully saturated rings. The molecule has 0 N–H and O–H groups in total. The van der Waals surface area contributed by atoms with Crippen LogP contribution in [0, 0.1) is 17.6 Å². The van der Waals surface area contributed by atoms with Crippen molar-refractivity contribution < 1.29 is 23.1 Å². The highest BCUT2D eigenvalue weighted by molar-refractivity contribution is 8.13. The Balaban J connectivity index is 2.19. The van der Waals surface area contributed by atoms with Gasteiger partial charge in [0.05, 0.1) is 7.11 Å². The summed E-state index contributed by atoms with van der Waals surface area (Å²) < 4.78 is 32.8. The van der Waals surface area contributed by atoms with Crippen LogP contribution in [0.25, 0.3) is 0 Å². The Morgan fingerprint density at radius 3 is 2.57 bits per heavy atom. The van der Waals surface area contributed by atoms with E-state index < -0.39 is 11.6 Å². The van der Waals surface area contributed by atoms with E-state index in [4.69, 9.17) is 4.74 Å². The number of hydrogen-bond acceptors (Lipinski definition) is 4. The van der Waals surface area contributed by atoms with Crippen molar-refractivity contribution in [1.82, 2.24) is 0 Å². The summed E-state index contributed by atoms with van der Waals surface area (Å²) in [5.74, 6) is -1.57. The highest BCUT2D eigenvalue weighted by Crippen LogP contribution is 2.33. The number of carbonyl (C=O) groups excluding carboxylic acids is 2. The Bertz CT molecular complexity index is 556. The number of rotatable bonds is 4. The van der Waals surface area contributed by atoms with Crippen LogP contribution in [0.4, 0.5) is 14.5 Å². The van der Waals surface area contributed by atoms with Gasteiger partial charge in [-0.3, -0.25) is 9.59 Å². The fraction of sp³-hybridized carbons (Fsp3) is 0.429. The molecular formula is C14H15F2NO3S. The summed E-state index contributed by atoms with van der Waals surface area (Å²) in [6, 6.07) is 2.09. The van der Waals surface area contributed by atoms with Crippen LogP contribution in [0.1, 0.15) is 13.3 Å². The number of amides is 1. The second-order valence-corrected chi connectivity index (χ2v) is 6.01. The first kappa shape index (κ1) is 15.8. The maximum Gasteiger partial charge on any atom is 0.227 e. The van der Waals surface area contributed by atoms with E-state index in [1.165, 1.54) is 14.0 Å². The van der Waals surface area contributed by atoms with Crippen molar-refractivity contribution in [2.24, 2.45) is 5.92 Å². The van der Waals surface area contributed by atoms with Gasteiger partial charge in [-0.1, -0.05) is 11.8 Å². The molecule has 114 valence electrons. The Morgan fingerprint density at radius 1 is 1.43 bits per heavy atom. The van der Waals surface area contributed by atoms with Gasteiger partial charge in [-0.05, 0) is 5.92 Å². The number of anilines is 1. The van der Waals surface area contributed by atoms with Gasteiger partial charge in [0, 0.05) is 37.8 Å². The van der Waals surface area contributed by atoms with E-state index in [1.807, 2.05) is 0 Å². The smallest absolute Gasteiger partial charge is 0.227 e. The molecule has 0 radical (unpaired) electrons. The molecule has 1 heterocycles. The molecule has 1 unspecified atom stereocenters. The molecule has 1 atom stereocenters. The molecule has 1 amide bonds. The number of hydrogen-bond donors (Lipinski definition) is 0. The molecule has 0 saturated carbocycles. The van der Waals surface area contributed by atoms with Gasteiger partial charge in [0.2, 0.25) is 5.91 Å². The van der Waals surface area contributed by atoms with Gasteiger partial charge in [0.1, 0.15) is 11.4 Å². The zero-order valence-electron chi connectivity index (χ0n) is 11.7. The molecule has 1 saturated heterocycles. The van der Waals surface area contributed by atoms with Crippen LogP contribution >= 0.6 is 11.8 Å². The maximum atomic E-state index is 14.0. The number of halogens is 2. The van der Waals surface area contributed by atoms with Crippen LogP contribution < -0.4 is 9.64 Å². The maximum absolute atomic E-state index is 14.0. The van der Waals surface area contributed by atoms with Crippen molar-refractivity contribution in [1.29, 1.82) is 0 Å². The van der Waals surface area contributed by atoms with Gasteiger partial charge >= 0.3 is 0 Å². The molecule has 1 aromatic rings. The predicted molar refractivity (Wildman–Crippen MR) is 76.5 cm³/mol. The van der Waals surface area contributed by atoms with E-state index in [0.717, 1.165) is 28.8 Å². The highest BCUT2D eigenvalue weighted by atomic mass is 32.2. The molecule has 1 aromatic carbocycles.